The standard InChI is InChI=1S/C14H20N4/c1-15-12-8-7-11-14(17-12)18-13(16-11)9-10-5-3-2-4-6-10/h7-8,10H,2-6,9H2,1H3,(H2,15,16,17,18). The molecule has 0 radical (unpaired) electrons. The van der Waals surface area contributed by atoms with Gasteiger partial charge in [0.15, 0.2) is 5.65 Å². The third-order valence-corrected chi connectivity index (χ3v) is 3.86. The normalized spacial score (nSPS) is 17.2. The molecule has 1 fully saturated rings. The predicted octanol–water partition coefficient (Wildman–Crippen LogP) is 3.12. The molecule has 0 saturated heterocycles. The zero-order chi connectivity index (χ0) is 12.4. The largest absolute Gasteiger partial charge is 0.373 e. The van der Waals surface area contributed by atoms with Crippen molar-refractivity contribution in [2.45, 2.75) is 38.5 Å². The van der Waals surface area contributed by atoms with Gasteiger partial charge in [-0.05, 0) is 18.1 Å². The highest BCUT2D eigenvalue weighted by atomic mass is 15.0. The molecule has 18 heavy (non-hydrogen) atoms. The summed E-state index contributed by atoms with van der Waals surface area (Å²) in [6, 6.07) is 4.02. The first-order chi connectivity index (χ1) is 8.85. The SMILES string of the molecule is CNc1ccc2[nH]c(CC3CCCCC3)nc2n1. The van der Waals surface area contributed by atoms with Crippen LogP contribution in [0.5, 0.6) is 0 Å². The fraction of sp³-hybridized carbons (Fsp3) is 0.571. The molecule has 0 atom stereocenters. The second-order valence-electron chi connectivity index (χ2n) is 5.21. The van der Waals surface area contributed by atoms with Gasteiger partial charge in [-0.3, -0.25) is 0 Å². The van der Waals surface area contributed by atoms with Gasteiger partial charge in [0.2, 0.25) is 0 Å². The maximum atomic E-state index is 4.61. The first-order valence-corrected chi connectivity index (χ1v) is 6.88. The Bertz CT molecular complexity index is 526. The van der Waals surface area contributed by atoms with Crippen molar-refractivity contribution in [1.82, 2.24) is 15.0 Å². The van der Waals surface area contributed by atoms with Crippen molar-refractivity contribution in [3.63, 3.8) is 0 Å². The van der Waals surface area contributed by atoms with Crippen LogP contribution < -0.4 is 5.32 Å². The number of pyridine rings is 1. The molecule has 2 aromatic heterocycles. The topological polar surface area (TPSA) is 53.6 Å². The van der Waals surface area contributed by atoms with E-state index in [0.29, 0.717) is 0 Å². The number of aromatic amines is 1. The number of nitrogens with zero attached hydrogens (tertiary/aromatic N) is 2. The highest BCUT2D eigenvalue weighted by Gasteiger charge is 2.16. The molecule has 2 heterocycles. The van der Waals surface area contributed by atoms with Crippen molar-refractivity contribution in [3.05, 3.63) is 18.0 Å². The second kappa shape index (κ2) is 4.96. The molecule has 0 unspecified atom stereocenters. The average Bonchev–Trinajstić information content (AvgIpc) is 2.80. The molecule has 0 amide bonds. The van der Waals surface area contributed by atoms with Crippen LogP contribution in [0.25, 0.3) is 11.2 Å². The van der Waals surface area contributed by atoms with Crippen molar-refractivity contribution in [2.24, 2.45) is 5.92 Å². The number of aromatic nitrogens is 3. The molecule has 0 bridgehead atoms. The molecule has 1 aliphatic rings. The Labute approximate surface area is 107 Å². The molecular weight excluding hydrogens is 224 g/mol. The van der Waals surface area contributed by atoms with E-state index in [2.05, 4.69) is 20.3 Å². The molecule has 4 heteroatoms. The number of H-pyrrole nitrogens is 1. The summed E-state index contributed by atoms with van der Waals surface area (Å²) in [5.41, 5.74) is 1.87. The van der Waals surface area contributed by atoms with E-state index in [0.717, 1.165) is 35.1 Å². The Morgan fingerprint density at radius 2 is 2.06 bits per heavy atom. The average molecular weight is 244 g/mol. The van der Waals surface area contributed by atoms with Crippen molar-refractivity contribution in [3.8, 4) is 0 Å². The lowest BCUT2D eigenvalue weighted by molar-refractivity contribution is 0.352. The van der Waals surface area contributed by atoms with Crippen LogP contribution in [0.2, 0.25) is 0 Å². The molecule has 3 rings (SSSR count). The van der Waals surface area contributed by atoms with Crippen LogP contribution in [-0.2, 0) is 6.42 Å². The maximum Gasteiger partial charge on any atom is 0.179 e. The molecule has 0 aliphatic heterocycles. The number of imidazole rings is 1. The number of fused-ring (bicyclic) bond motifs is 1. The van der Waals surface area contributed by atoms with E-state index in [1.54, 1.807) is 0 Å². The smallest absolute Gasteiger partial charge is 0.179 e. The molecule has 2 N–H and O–H groups in total. The van der Waals surface area contributed by atoms with Gasteiger partial charge < -0.3 is 10.3 Å². The summed E-state index contributed by atoms with van der Waals surface area (Å²) in [5.74, 6) is 2.78. The first kappa shape index (κ1) is 11.5. The lowest BCUT2D eigenvalue weighted by Gasteiger charge is -2.20. The van der Waals surface area contributed by atoms with Crippen molar-refractivity contribution in [1.29, 1.82) is 0 Å². The first-order valence-electron chi connectivity index (χ1n) is 6.88. The molecule has 0 aromatic carbocycles. The highest BCUT2D eigenvalue weighted by molar-refractivity contribution is 5.72. The van der Waals surface area contributed by atoms with Gasteiger partial charge in [-0.1, -0.05) is 32.1 Å². The monoisotopic (exact) mass is 244 g/mol. The van der Waals surface area contributed by atoms with E-state index in [-0.39, 0.29) is 0 Å². The van der Waals surface area contributed by atoms with Gasteiger partial charge in [0.05, 0.1) is 5.52 Å². The summed E-state index contributed by atoms with van der Waals surface area (Å²) in [6.45, 7) is 0. The fourth-order valence-corrected chi connectivity index (χ4v) is 2.84. The number of hydrogen-bond acceptors (Lipinski definition) is 3. The molecule has 1 saturated carbocycles. The van der Waals surface area contributed by atoms with Gasteiger partial charge in [0.25, 0.3) is 0 Å². The number of hydrogen-bond donors (Lipinski definition) is 2. The van der Waals surface area contributed by atoms with E-state index < -0.39 is 0 Å². The number of nitrogens with one attached hydrogen (secondary N) is 2. The minimum Gasteiger partial charge on any atom is -0.373 e. The third-order valence-electron chi connectivity index (χ3n) is 3.86. The summed E-state index contributed by atoms with van der Waals surface area (Å²) in [7, 11) is 1.88. The van der Waals surface area contributed by atoms with Crippen LogP contribution >= 0.6 is 0 Å². The quantitative estimate of drug-likeness (QED) is 0.872. The van der Waals surface area contributed by atoms with Gasteiger partial charge in [-0.25, -0.2) is 9.97 Å². The van der Waals surface area contributed by atoms with Crippen molar-refractivity contribution in [2.75, 3.05) is 12.4 Å². The van der Waals surface area contributed by atoms with Crippen molar-refractivity contribution < 1.29 is 0 Å². The molecule has 96 valence electrons. The van der Waals surface area contributed by atoms with E-state index in [4.69, 9.17) is 0 Å². The van der Waals surface area contributed by atoms with Crippen LogP contribution in [0.4, 0.5) is 5.82 Å². The van der Waals surface area contributed by atoms with Gasteiger partial charge in [-0.15, -0.1) is 0 Å². The van der Waals surface area contributed by atoms with Crippen LogP contribution in [-0.4, -0.2) is 22.0 Å². The molecule has 2 aromatic rings. The van der Waals surface area contributed by atoms with Gasteiger partial charge in [0.1, 0.15) is 11.6 Å². The lowest BCUT2D eigenvalue weighted by Crippen LogP contribution is -2.10. The molecular formula is C14H20N4. The van der Waals surface area contributed by atoms with E-state index in [1.165, 1.54) is 32.1 Å². The molecule has 1 aliphatic carbocycles. The van der Waals surface area contributed by atoms with Gasteiger partial charge in [-0.2, -0.15) is 0 Å². The molecule has 0 spiro atoms. The maximum absolute atomic E-state index is 4.61. The highest BCUT2D eigenvalue weighted by Crippen LogP contribution is 2.26. The molecule has 4 nitrogen and oxygen atoms in total. The summed E-state index contributed by atoms with van der Waals surface area (Å²) in [4.78, 5) is 12.5. The van der Waals surface area contributed by atoms with E-state index >= 15 is 0 Å². The van der Waals surface area contributed by atoms with E-state index in [1.807, 2.05) is 19.2 Å². The Hall–Kier alpha value is -1.58. The zero-order valence-corrected chi connectivity index (χ0v) is 10.9. The Morgan fingerprint density at radius 1 is 1.22 bits per heavy atom. The summed E-state index contributed by atoms with van der Waals surface area (Å²) >= 11 is 0. The second-order valence-corrected chi connectivity index (χ2v) is 5.21. The summed E-state index contributed by atoms with van der Waals surface area (Å²) < 4.78 is 0. The van der Waals surface area contributed by atoms with E-state index in [9.17, 15) is 0 Å². The van der Waals surface area contributed by atoms with Gasteiger partial charge in [0, 0.05) is 13.5 Å². The minimum atomic E-state index is 0.808. The van der Waals surface area contributed by atoms with Crippen LogP contribution in [0.1, 0.15) is 37.9 Å². The number of anilines is 1. The Kier molecular flexibility index (Phi) is 3.17. The van der Waals surface area contributed by atoms with Crippen LogP contribution in [0.15, 0.2) is 12.1 Å². The van der Waals surface area contributed by atoms with Crippen LogP contribution in [0.3, 0.4) is 0 Å². The summed E-state index contributed by atoms with van der Waals surface area (Å²) in [6.07, 6.45) is 7.95. The fourth-order valence-electron chi connectivity index (χ4n) is 2.84. The Balaban J connectivity index is 1.79. The van der Waals surface area contributed by atoms with Gasteiger partial charge >= 0.3 is 0 Å². The lowest BCUT2D eigenvalue weighted by atomic mass is 9.87. The third kappa shape index (κ3) is 2.33. The predicted molar refractivity (Wildman–Crippen MR) is 73.7 cm³/mol. The summed E-state index contributed by atoms with van der Waals surface area (Å²) in [5, 5.41) is 3.04. The van der Waals surface area contributed by atoms with Crippen molar-refractivity contribution >= 4 is 17.0 Å². The minimum absolute atomic E-state index is 0.808. The zero-order valence-electron chi connectivity index (χ0n) is 10.9. The Morgan fingerprint density at radius 3 is 2.83 bits per heavy atom. The number of rotatable bonds is 3. The van der Waals surface area contributed by atoms with Crippen LogP contribution in [0, 0.1) is 5.92 Å².